The fourth-order valence-corrected chi connectivity index (χ4v) is 3.42. The molecule has 2 N–H and O–H groups in total. The third-order valence-corrected chi connectivity index (χ3v) is 4.67. The summed E-state index contributed by atoms with van der Waals surface area (Å²) in [7, 11) is 0. The van der Waals surface area contributed by atoms with Gasteiger partial charge in [-0.05, 0) is 46.5 Å². The highest BCUT2D eigenvalue weighted by Crippen LogP contribution is 2.27. The fraction of sp³-hybridized carbons (Fsp3) is 0.833. The zero-order valence-electron chi connectivity index (χ0n) is 15.6. The van der Waals surface area contributed by atoms with E-state index in [-0.39, 0.29) is 30.3 Å². The molecule has 0 radical (unpaired) electrons. The maximum absolute atomic E-state index is 12.4. The highest BCUT2D eigenvalue weighted by Gasteiger charge is 2.30. The van der Waals surface area contributed by atoms with E-state index in [9.17, 15) is 14.4 Å². The molecule has 1 aliphatic heterocycles. The maximum atomic E-state index is 12.4. The second-order valence-corrected chi connectivity index (χ2v) is 8.00. The minimum Gasteiger partial charge on any atom is -0.444 e. The summed E-state index contributed by atoms with van der Waals surface area (Å²) >= 11 is 0. The van der Waals surface area contributed by atoms with Crippen LogP contribution in [0.5, 0.6) is 0 Å². The number of likely N-dealkylation sites (tertiary alicyclic amines) is 1. The second-order valence-electron chi connectivity index (χ2n) is 8.00. The van der Waals surface area contributed by atoms with Crippen molar-refractivity contribution in [2.45, 2.75) is 70.9 Å². The van der Waals surface area contributed by atoms with E-state index in [1.165, 1.54) is 0 Å². The third-order valence-electron chi connectivity index (χ3n) is 4.67. The molecule has 1 saturated heterocycles. The van der Waals surface area contributed by atoms with Crippen LogP contribution in [0.1, 0.15) is 59.3 Å². The van der Waals surface area contributed by atoms with Crippen molar-refractivity contribution in [3.8, 4) is 0 Å². The normalized spacial score (nSPS) is 19.6. The highest BCUT2D eigenvalue weighted by molar-refractivity contribution is 5.82. The van der Waals surface area contributed by atoms with Crippen LogP contribution < -0.4 is 10.6 Å². The number of hydrogen-bond donors (Lipinski definition) is 2. The van der Waals surface area contributed by atoms with Crippen LogP contribution in [0.3, 0.4) is 0 Å². The third kappa shape index (κ3) is 6.55. The molecular weight excluding hydrogens is 322 g/mol. The van der Waals surface area contributed by atoms with Crippen LogP contribution in [0.4, 0.5) is 4.79 Å². The van der Waals surface area contributed by atoms with Crippen molar-refractivity contribution in [3.63, 3.8) is 0 Å². The van der Waals surface area contributed by atoms with Crippen molar-refractivity contribution in [3.05, 3.63) is 0 Å². The number of piperidine rings is 1. The molecule has 142 valence electrons. The molecule has 2 aliphatic rings. The van der Waals surface area contributed by atoms with E-state index in [0.717, 1.165) is 38.5 Å². The molecule has 3 amide bonds. The molecule has 7 heteroatoms. The molecule has 0 bridgehead atoms. The molecule has 7 nitrogen and oxygen atoms in total. The molecule has 0 aromatic carbocycles. The molecule has 0 aromatic heterocycles. The molecule has 1 aliphatic carbocycles. The van der Waals surface area contributed by atoms with E-state index in [2.05, 4.69) is 10.6 Å². The number of hydrogen-bond acceptors (Lipinski definition) is 4. The first-order valence-corrected chi connectivity index (χ1v) is 9.29. The summed E-state index contributed by atoms with van der Waals surface area (Å²) in [5.74, 6) is 0.268. The van der Waals surface area contributed by atoms with Crippen molar-refractivity contribution in [2.75, 3.05) is 19.6 Å². The van der Waals surface area contributed by atoms with Gasteiger partial charge in [-0.3, -0.25) is 9.59 Å². The summed E-state index contributed by atoms with van der Waals surface area (Å²) in [6, 6.07) is 0.0561. The Balaban J connectivity index is 1.65. The van der Waals surface area contributed by atoms with Gasteiger partial charge in [0.2, 0.25) is 11.8 Å². The monoisotopic (exact) mass is 353 g/mol. The van der Waals surface area contributed by atoms with Crippen LogP contribution >= 0.6 is 0 Å². The topological polar surface area (TPSA) is 87.7 Å². The molecule has 0 aromatic rings. The van der Waals surface area contributed by atoms with Gasteiger partial charge in [-0.25, -0.2) is 4.79 Å². The molecule has 2 fully saturated rings. The summed E-state index contributed by atoms with van der Waals surface area (Å²) in [4.78, 5) is 37.8. The Bertz CT molecular complexity index is 487. The minimum atomic E-state index is -0.598. The number of rotatable bonds is 4. The van der Waals surface area contributed by atoms with Gasteiger partial charge >= 0.3 is 6.09 Å². The van der Waals surface area contributed by atoms with Crippen molar-refractivity contribution in [1.29, 1.82) is 0 Å². The second kappa shape index (κ2) is 8.54. The van der Waals surface area contributed by atoms with E-state index in [4.69, 9.17) is 4.74 Å². The Kier molecular flexibility index (Phi) is 6.67. The number of nitrogens with one attached hydrogen (secondary N) is 2. The van der Waals surface area contributed by atoms with Crippen molar-refractivity contribution >= 4 is 17.9 Å². The number of alkyl carbamates (subject to hydrolysis) is 1. The summed E-state index contributed by atoms with van der Waals surface area (Å²) in [5.41, 5.74) is -0.584. The van der Waals surface area contributed by atoms with Crippen LogP contribution in [0.15, 0.2) is 0 Å². The standard InChI is InChI=1S/C18H31N3O4/c1-18(2,3)25-17(24)19-12-15(22)20-14-8-10-21(11-9-14)16(23)13-6-4-5-7-13/h13-14H,4-12H2,1-3H3,(H,19,24)(H,20,22). The maximum Gasteiger partial charge on any atom is 0.408 e. The molecule has 2 rings (SSSR count). The molecule has 0 unspecified atom stereocenters. The lowest BCUT2D eigenvalue weighted by atomic mass is 10.0. The van der Waals surface area contributed by atoms with Crippen LogP contribution in [-0.2, 0) is 14.3 Å². The van der Waals surface area contributed by atoms with Gasteiger partial charge < -0.3 is 20.3 Å². The molecule has 1 heterocycles. The van der Waals surface area contributed by atoms with Crippen LogP contribution in [-0.4, -0.2) is 54.1 Å². The Morgan fingerprint density at radius 2 is 1.64 bits per heavy atom. The first-order chi connectivity index (χ1) is 11.7. The van der Waals surface area contributed by atoms with E-state index in [1.54, 1.807) is 20.8 Å². The Hall–Kier alpha value is -1.79. The van der Waals surface area contributed by atoms with Crippen LogP contribution in [0, 0.1) is 5.92 Å². The van der Waals surface area contributed by atoms with Crippen LogP contribution in [0.2, 0.25) is 0 Å². The predicted molar refractivity (Wildman–Crippen MR) is 93.9 cm³/mol. The average molecular weight is 353 g/mol. The van der Waals surface area contributed by atoms with Gasteiger partial charge in [0.05, 0.1) is 0 Å². The predicted octanol–water partition coefficient (Wildman–Crippen LogP) is 1.81. The van der Waals surface area contributed by atoms with E-state index < -0.39 is 11.7 Å². The van der Waals surface area contributed by atoms with Crippen molar-refractivity contribution in [1.82, 2.24) is 15.5 Å². The first kappa shape index (κ1) is 19.5. The Morgan fingerprint density at radius 1 is 1.04 bits per heavy atom. The smallest absolute Gasteiger partial charge is 0.408 e. The van der Waals surface area contributed by atoms with Gasteiger partial charge in [-0.2, -0.15) is 0 Å². The van der Waals surface area contributed by atoms with Gasteiger partial charge in [0.1, 0.15) is 12.1 Å². The zero-order valence-corrected chi connectivity index (χ0v) is 15.6. The van der Waals surface area contributed by atoms with Gasteiger partial charge in [0.25, 0.3) is 0 Å². The fourth-order valence-electron chi connectivity index (χ4n) is 3.42. The number of carbonyl (C=O) groups excluding carboxylic acids is 3. The van der Waals surface area contributed by atoms with E-state index >= 15 is 0 Å². The molecule has 25 heavy (non-hydrogen) atoms. The Morgan fingerprint density at radius 3 is 2.20 bits per heavy atom. The van der Waals surface area contributed by atoms with E-state index in [0.29, 0.717) is 13.1 Å². The quantitative estimate of drug-likeness (QED) is 0.807. The number of amides is 3. The van der Waals surface area contributed by atoms with Gasteiger partial charge in [-0.1, -0.05) is 12.8 Å². The lowest BCUT2D eigenvalue weighted by Gasteiger charge is -2.34. The van der Waals surface area contributed by atoms with Gasteiger partial charge in [0.15, 0.2) is 0 Å². The number of carbonyl (C=O) groups is 3. The number of nitrogens with zero attached hydrogens (tertiary/aromatic N) is 1. The zero-order chi connectivity index (χ0) is 18.4. The highest BCUT2D eigenvalue weighted by atomic mass is 16.6. The van der Waals surface area contributed by atoms with E-state index in [1.807, 2.05) is 4.90 Å². The lowest BCUT2D eigenvalue weighted by Crippen LogP contribution is -2.49. The minimum absolute atomic E-state index is 0.0561. The molecule has 0 atom stereocenters. The number of ether oxygens (including phenoxy) is 1. The largest absolute Gasteiger partial charge is 0.444 e. The lowest BCUT2D eigenvalue weighted by molar-refractivity contribution is -0.136. The summed E-state index contributed by atoms with van der Waals surface area (Å²) < 4.78 is 5.09. The van der Waals surface area contributed by atoms with Crippen molar-refractivity contribution in [2.24, 2.45) is 5.92 Å². The van der Waals surface area contributed by atoms with Crippen LogP contribution in [0.25, 0.3) is 0 Å². The summed E-state index contributed by atoms with van der Waals surface area (Å²) in [6.07, 6.45) is 5.28. The SMILES string of the molecule is CC(C)(C)OC(=O)NCC(=O)NC1CCN(C(=O)C2CCCC2)CC1. The summed E-state index contributed by atoms with van der Waals surface area (Å²) in [6.45, 7) is 6.60. The first-order valence-electron chi connectivity index (χ1n) is 9.29. The molecule has 0 spiro atoms. The van der Waals surface area contributed by atoms with Crippen molar-refractivity contribution < 1.29 is 19.1 Å². The van der Waals surface area contributed by atoms with Gasteiger partial charge in [-0.15, -0.1) is 0 Å². The van der Waals surface area contributed by atoms with Gasteiger partial charge in [0, 0.05) is 25.0 Å². The summed E-state index contributed by atoms with van der Waals surface area (Å²) in [5, 5.41) is 5.37. The molecule has 1 saturated carbocycles. The average Bonchev–Trinajstić information content (AvgIpc) is 3.06. The molecular formula is C18H31N3O4. The Labute approximate surface area is 149 Å².